The third-order valence-electron chi connectivity index (χ3n) is 3.30. The predicted octanol–water partition coefficient (Wildman–Crippen LogP) is 0.201. The van der Waals surface area contributed by atoms with Gasteiger partial charge in [-0.1, -0.05) is 5.21 Å². The Kier molecular flexibility index (Phi) is 3.34. The van der Waals surface area contributed by atoms with E-state index < -0.39 is 5.91 Å². The van der Waals surface area contributed by atoms with Gasteiger partial charge in [0, 0.05) is 5.71 Å². The molecular formula is C11H14N8O2. The van der Waals surface area contributed by atoms with Crippen LogP contribution in [0.4, 0.5) is 5.82 Å². The Morgan fingerprint density at radius 1 is 1.38 bits per heavy atom. The minimum atomic E-state index is -0.423. The molecule has 110 valence electrons. The number of nitrogens with one attached hydrogen (secondary N) is 1. The molecule has 1 aliphatic carbocycles. The van der Waals surface area contributed by atoms with E-state index in [1.807, 2.05) is 0 Å². The van der Waals surface area contributed by atoms with Crippen molar-refractivity contribution in [1.29, 1.82) is 0 Å². The van der Waals surface area contributed by atoms with E-state index in [1.165, 1.54) is 4.68 Å². The SMILES string of the molecule is Cc1c(C(=O)NN=C2CCCC2)nnn1-c1nonc1N. The normalized spacial score (nSPS) is 14.4. The van der Waals surface area contributed by atoms with Gasteiger partial charge in [0.05, 0.1) is 5.69 Å². The second kappa shape index (κ2) is 5.31. The second-order valence-corrected chi connectivity index (χ2v) is 4.73. The van der Waals surface area contributed by atoms with Crippen LogP contribution in [0.5, 0.6) is 0 Å². The standard InChI is InChI=1S/C11H14N8O2/c1-6-8(11(20)15-13-7-4-2-3-5-7)14-18-19(6)10-9(12)16-21-17-10/h2-5H2,1H3,(H2,12,16)(H,15,20). The van der Waals surface area contributed by atoms with E-state index in [0.717, 1.165) is 31.4 Å². The first-order valence-corrected chi connectivity index (χ1v) is 6.53. The van der Waals surface area contributed by atoms with Gasteiger partial charge < -0.3 is 5.73 Å². The van der Waals surface area contributed by atoms with Crippen molar-refractivity contribution in [2.24, 2.45) is 5.10 Å². The molecule has 0 aromatic carbocycles. The zero-order valence-electron chi connectivity index (χ0n) is 11.4. The molecule has 0 saturated heterocycles. The number of nitrogens with two attached hydrogens (primary N) is 1. The Morgan fingerprint density at radius 3 is 2.81 bits per heavy atom. The number of anilines is 1. The van der Waals surface area contributed by atoms with Crippen LogP contribution in [-0.2, 0) is 0 Å². The van der Waals surface area contributed by atoms with Crippen molar-refractivity contribution in [1.82, 2.24) is 30.7 Å². The quantitative estimate of drug-likeness (QED) is 0.770. The monoisotopic (exact) mass is 290 g/mol. The van der Waals surface area contributed by atoms with E-state index in [2.05, 4.69) is 35.8 Å². The van der Waals surface area contributed by atoms with Crippen LogP contribution in [0.2, 0.25) is 0 Å². The Morgan fingerprint density at radius 2 is 2.14 bits per heavy atom. The number of hydrogen-bond donors (Lipinski definition) is 2. The molecule has 2 aromatic heterocycles. The minimum absolute atomic E-state index is 0.0705. The molecule has 3 rings (SSSR count). The lowest BCUT2D eigenvalue weighted by Crippen LogP contribution is -2.20. The molecule has 0 bridgehead atoms. The number of amides is 1. The van der Waals surface area contributed by atoms with Crippen molar-refractivity contribution in [3.63, 3.8) is 0 Å². The molecule has 0 aliphatic heterocycles. The summed E-state index contributed by atoms with van der Waals surface area (Å²) in [5, 5.41) is 18.8. The van der Waals surface area contributed by atoms with Gasteiger partial charge >= 0.3 is 0 Å². The van der Waals surface area contributed by atoms with E-state index in [0.29, 0.717) is 5.69 Å². The number of rotatable bonds is 3. The predicted molar refractivity (Wildman–Crippen MR) is 71.7 cm³/mol. The average molecular weight is 290 g/mol. The molecule has 2 aromatic rings. The fraction of sp³-hybridized carbons (Fsp3) is 0.455. The third kappa shape index (κ3) is 2.47. The maximum absolute atomic E-state index is 12.1. The molecule has 2 heterocycles. The Bertz CT molecular complexity index is 693. The molecule has 1 amide bonds. The number of carbonyl (C=O) groups excluding carboxylic acids is 1. The smallest absolute Gasteiger partial charge is 0.293 e. The molecule has 1 aliphatic rings. The molecule has 21 heavy (non-hydrogen) atoms. The van der Waals surface area contributed by atoms with Gasteiger partial charge in [-0.05, 0) is 42.9 Å². The van der Waals surface area contributed by atoms with E-state index in [4.69, 9.17) is 5.73 Å². The molecule has 3 N–H and O–H groups in total. The minimum Gasteiger partial charge on any atom is -0.378 e. The number of hydrogen-bond acceptors (Lipinski definition) is 8. The Hall–Kier alpha value is -2.78. The highest BCUT2D eigenvalue weighted by Crippen LogP contribution is 2.15. The Labute approximate surface area is 119 Å². The molecule has 0 atom stereocenters. The lowest BCUT2D eigenvalue weighted by molar-refractivity contribution is 0.0949. The van der Waals surface area contributed by atoms with Gasteiger partial charge in [-0.2, -0.15) is 9.78 Å². The van der Waals surface area contributed by atoms with Crippen LogP contribution in [0, 0.1) is 6.92 Å². The summed E-state index contributed by atoms with van der Waals surface area (Å²) < 4.78 is 5.80. The van der Waals surface area contributed by atoms with Gasteiger partial charge in [0.15, 0.2) is 5.69 Å². The molecule has 1 fully saturated rings. The maximum atomic E-state index is 12.1. The average Bonchev–Trinajstić information content (AvgIpc) is 3.18. The first-order valence-electron chi connectivity index (χ1n) is 6.53. The highest BCUT2D eigenvalue weighted by atomic mass is 16.6. The van der Waals surface area contributed by atoms with Crippen molar-refractivity contribution in [2.45, 2.75) is 32.6 Å². The molecule has 10 heteroatoms. The highest BCUT2D eigenvalue weighted by Gasteiger charge is 2.21. The van der Waals surface area contributed by atoms with Crippen LogP contribution in [0.25, 0.3) is 5.82 Å². The highest BCUT2D eigenvalue weighted by molar-refractivity contribution is 5.95. The van der Waals surface area contributed by atoms with Gasteiger partial charge in [-0.3, -0.25) is 4.79 Å². The molecular weight excluding hydrogens is 276 g/mol. The molecule has 0 radical (unpaired) electrons. The van der Waals surface area contributed by atoms with Gasteiger partial charge in [0.2, 0.25) is 11.6 Å². The van der Waals surface area contributed by atoms with Gasteiger partial charge in [0.1, 0.15) is 0 Å². The summed E-state index contributed by atoms with van der Waals surface area (Å²) in [6, 6.07) is 0. The summed E-state index contributed by atoms with van der Waals surface area (Å²) in [7, 11) is 0. The number of nitrogens with zero attached hydrogens (tertiary/aromatic N) is 6. The van der Waals surface area contributed by atoms with Crippen LogP contribution in [-0.4, -0.2) is 36.9 Å². The van der Waals surface area contributed by atoms with Crippen molar-refractivity contribution in [3.8, 4) is 5.82 Å². The van der Waals surface area contributed by atoms with Gasteiger partial charge in [-0.15, -0.1) is 5.10 Å². The summed E-state index contributed by atoms with van der Waals surface area (Å²) >= 11 is 0. The van der Waals surface area contributed by atoms with E-state index in [1.54, 1.807) is 6.92 Å². The summed E-state index contributed by atoms with van der Waals surface area (Å²) in [6.45, 7) is 1.67. The van der Waals surface area contributed by atoms with Crippen LogP contribution < -0.4 is 11.2 Å². The van der Waals surface area contributed by atoms with Crippen molar-refractivity contribution < 1.29 is 9.42 Å². The summed E-state index contributed by atoms with van der Waals surface area (Å²) in [5.74, 6) is -0.157. The van der Waals surface area contributed by atoms with Crippen LogP contribution in [0.15, 0.2) is 9.73 Å². The first kappa shape index (κ1) is 13.2. The largest absolute Gasteiger partial charge is 0.378 e. The molecule has 1 saturated carbocycles. The van der Waals surface area contributed by atoms with Gasteiger partial charge in [-0.25, -0.2) is 10.1 Å². The summed E-state index contributed by atoms with van der Waals surface area (Å²) in [6.07, 6.45) is 4.07. The fourth-order valence-corrected chi connectivity index (χ4v) is 2.16. The number of hydrazone groups is 1. The van der Waals surface area contributed by atoms with E-state index >= 15 is 0 Å². The lowest BCUT2D eigenvalue weighted by Gasteiger charge is -2.00. The topological polar surface area (TPSA) is 137 Å². The lowest BCUT2D eigenvalue weighted by atomic mass is 10.3. The molecule has 0 spiro atoms. The van der Waals surface area contributed by atoms with E-state index in [9.17, 15) is 4.79 Å². The van der Waals surface area contributed by atoms with Crippen LogP contribution in [0.3, 0.4) is 0 Å². The zero-order valence-corrected chi connectivity index (χ0v) is 11.4. The maximum Gasteiger partial charge on any atom is 0.293 e. The zero-order chi connectivity index (χ0) is 14.8. The van der Waals surface area contributed by atoms with E-state index in [-0.39, 0.29) is 17.3 Å². The first-order chi connectivity index (χ1) is 10.2. The summed E-state index contributed by atoms with van der Waals surface area (Å²) in [4.78, 5) is 12.1. The molecule has 0 unspecified atom stereocenters. The second-order valence-electron chi connectivity index (χ2n) is 4.73. The third-order valence-corrected chi connectivity index (χ3v) is 3.30. The van der Waals surface area contributed by atoms with Crippen molar-refractivity contribution in [3.05, 3.63) is 11.4 Å². The summed E-state index contributed by atoms with van der Waals surface area (Å²) in [5.41, 5.74) is 9.71. The van der Waals surface area contributed by atoms with Crippen molar-refractivity contribution >= 4 is 17.4 Å². The molecule has 10 nitrogen and oxygen atoms in total. The number of nitrogen functional groups attached to an aromatic ring is 1. The van der Waals surface area contributed by atoms with Crippen LogP contribution >= 0.6 is 0 Å². The fourth-order valence-electron chi connectivity index (χ4n) is 2.16. The van der Waals surface area contributed by atoms with Crippen molar-refractivity contribution in [2.75, 3.05) is 5.73 Å². The number of carbonyl (C=O) groups is 1. The van der Waals surface area contributed by atoms with Crippen LogP contribution in [0.1, 0.15) is 41.9 Å². The number of aromatic nitrogens is 5. The van der Waals surface area contributed by atoms with Gasteiger partial charge in [0.25, 0.3) is 5.91 Å². The Balaban J connectivity index is 1.80.